The summed E-state index contributed by atoms with van der Waals surface area (Å²) in [7, 11) is 0. The second kappa shape index (κ2) is 6.18. The summed E-state index contributed by atoms with van der Waals surface area (Å²) < 4.78 is 0. The maximum Gasteiger partial charge on any atom is 0.0195 e. The molecule has 1 saturated heterocycles. The van der Waals surface area contributed by atoms with Gasteiger partial charge < -0.3 is 10.6 Å². The molecular weight excluding hydrogens is 208 g/mol. The van der Waals surface area contributed by atoms with Gasteiger partial charge in [0.2, 0.25) is 0 Å². The lowest BCUT2D eigenvalue weighted by atomic mass is 10.0. The highest BCUT2D eigenvalue weighted by Gasteiger charge is 2.15. The monoisotopic (exact) mass is 232 g/mol. The molecule has 2 N–H and O–H groups in total. The molecule has 94 valence electrons. The Balaban J connectivity index is 1.84. The lowest BCUT2D eigenvalue weighted by Gasteiger charge is -2.27. The predicted octanol–water partition coefficient (Wildman–Crippen LogP) is 2.27. The molecule has 17 heavy (non-hydrogen) atoms. The van der Waals surface area contributed by atoms with E-state index in [2.05, 4.69) is 48.7 Å². The van der Waals surface area contributed by atoms with Crippen LogP contribution in [0.25, 0.3) is 0 Å². The highest BCUT2D eigenvalue weighted by atomic mass is 15.0. The second-order valence-corrected chi connectivity index (χ2v) is 5.24. The minimum Gasteiger partial charge on any atom is -0.315 e. The van der Waals surface area contributed by atoms with Crippen molar-refractivity contribution in [2.24, 2.45) is 0 Å². The van der Waals surface area contributed by atoms with E-state index in [1.165, 1.54) is 30.5 Å². The summed E-state index contributed by atoms with van der Waals surface area (Å²) in [5.41, 5.74) is 2.87. The normalized spacial score (nSPS) is 22.4. The van der Waals surface area contributed by atoms with Crippen molar-refractivity contribution in [3.05, 3.63) is 35.4 Å². The fourth-order valence-corrected chi connectivity index (χ4v) is 2.62. The number of benzene rings is 1. The van der Waals surface area contributed by atoms with Gasteiger partial charge in [0.05, 0.1) is 0 Å². The zero-order chi connectivity index (χ0) is 12.1. The van der Waals surface area contributed by atoms with Gasteiger partial charge in [0.25, 0.3) is 0 Å². The van der Waals surface area contributed by atoms with Gasteiger partial charge in [0, 0.05) is 18.6 Å². The van der Waals surface area contributed by atoms with Crippen LogP contribution in [0.2, 0.25) is 0 Å². The molecule has 0 aromatic heterocycles. The largest absolute Gasteiger partial charge is 0.315 e. The van der Waals surface area contributed by atoms with Crippen molar-refractivity contribution >= 4 is 0 Å². The summed E-state index contributed by atoms with van der Waals surface area (Å²) in [5.74, 6) is 0. The molecule has 2 unspecified atom stereocenters. The van der Waals surface area contributed by atoms with Crippen molar-refractivity contribution in [3.8, 4) is 0 Å². The van der Waals surface area contributed by atoms with E-state index in [0.717, 1.165) is 13.0 Å². The molecule has 1 fully saturated rings. The van der Waals surface area contributed by atoms with Crippen LogP contribution in [0.5, 0.6) is 0 Å². The molecule has 0 amide bonds. The van der Waals surface area contributed by atoms with E-state index < -0.39 is 0 Å². The van der Waals surface area contributed by atoms with E-state index in [1.54, 1.807) is 0 Å². The van der Waals surface area contributed by atoms with Crippen LogP contribution in [-0.2, 0) is 6.42 Å². The first-order valence-corrected chi connectivity index (χ1v) is 6.77. The Labute approximate surface area is 105 Å². The van der Waals surface area contributed by atoms with Gasteiger partial charge in [-0.05, 0) is 50.8 Å². The molecule has 2 atom stereocenters. The Bertz CT molecular complexity index is 343. The first-order valence-electron chi connectivity index (χ1n) is 6.77. The quantitative estimate of drug-likeness (QED) is 0.832. The van der Waals surface area contributed by atoms with Crippen LogP contribution in [0.3, 0.4) is 0 Å². The minimum absolute atomic E-state index is 0.556. The van der Waals surface area contributed by atoms with Crippen LogP contribution in [-0.4, -0.2) is 25.2 Å². The Morgan fingerprint density at radius 3 is 2.94 bits per heavy atom. The lowest BCUT2D eigenvalue weighted by molar-refractivity contribution is 0.357. The third-order valence-electron chi connectivity index (χ3n) is 3.60. The van der Waals surface area contributed by atoms with Crippen LogP contribution < -0.4 is 10.6 Å². The van der Waals surface area contributed by atoms with E-state index in [-0.39, 0.29) is 0 Å². The molecule has 0 spiro atoms. The fraction of sp³-hybridized carbons (Fsp3) is 0.600. The highest BCUT2D eigenvalue weighted by molar-refractivity contribution is 5.26. The van der Waals surface area contributed by atoms with Crippen molar-refractivity contribution in [2.45, 2.75) is 45.2 Å². The molecule has 1 aliphatic heterocycles. The molecule has 2 nitrogen and oxygen atoms in total. The molecule has 0 aliphatic carbocycles. The van der Waals surface area contributed by atoms with E-state index in [9.17, 15) is 0 Å². The van der Waals surface area contributed by atoms with Gasteiger partial charge >= 0.3 is 0 Å². The number of rotatable bonds is 4. The summed E-state index contributed by atoms with van der Waals surface area (Å²) in [4.78, 5) is 0. The maximum absolute atomic E-state index is 3.73. The molecule has 0 saturated carbocycles. The molecule has 0 bridgehead atoms. The first-order chi connectivity index (χ1) is 8.25. The first kappa shape index (κ1) is 12.6. The average Bonchev–Trinajstić information content (AvgIpc) is 2.33. The zero-order valence-corrected chi connectivity index (χ0v) is 11.0. The van der Waals surface area contributed by atoms with E-state index in [4.69, 9.17) is 0 Å². The summed E-state index contributed by atoms with van der Waals surface area (Å²) >= 11 is 0. The Hall–Kier alpha value is -0.860. The molecule has 1 aromatic carbocycles. The molecule has 2 rings (SSSR count). The van der Waals surface area contributed by atoms with Crippen LogP contribution in [0.15, 0.2) is 24.3 Å². The van der Waals surface area contributed by atoms with Gasteiger partial charge in [-0.1, -0.05) is 24.3 Å². The van der Waals surface area contributed by atoms with E-state index in [0.29, 0.717) is 12.1 Å². The van der Waals surface area contributed by atoms with Gasteiger partial charge in [-0.25, -0.2) is 0 Å². The third kappa shape index (κ3) is 3.83. The Morgan fingerprint density at radius 2 is 2.24 bits per heavy atom. The molecule has 2 heteroatoms. The van der Waals surface area contributed by atoms with Crippen molar-refractivity contribution in [2.75, 3.05) is 13.1 Å². The number of hydrogen-bond acceptors (Lipinski definition) is 2. The smallest absolute Gasteiger partial charge is 0.0195 e. The number of piperidine rings is 1. The molecule has 0 radical (unpaired) electrons. The topological polar surface area (TPSA) is 24.1 Å². The van der Waals surface area contributed by atoms with Gasteiger partial charge in [0.15, 0.2) is 0 Å². The number of nitrogens with one attached hydrogen (secondary N) is 2. The molecule has 1 aromatic rings. The van der Waals surface area contributed by atoms with Crippen LogP contribution in [0, 0.1) is 6.92 Å². The predicted molar refractivity (Wildman–Crippen MR) is 73.4 cm³/mol. The summed E-state index contributed by atoms with van der Waals surface area (Å²) in [5, 5.41) is 7.18. The Morgan fingerprint density at radius 1 is 1.41 bits per heavy atom. The molecular formula is C15H24N2. The van der Waals surface area contributed by atoms with Crippen LogP contribution in [0.1, 0.15) is 30.9 Å². The maximum atomic E-state index is 3.73. The standard InChI is InChI=1S/C15H24N2/c1-12-6-3-4-7-14(12)10-13(2)17-15-8-5-9-16-11-15/h3-4,6-7,13,15-17H,5,8-11H2,1-2H3. The minimum atomic E-state index is 0.556. The molecule has 1 heterocycles. The van der Waals surface area contributed by atoms with Crippen molar-refractivity contribution < 1.29 is 0 Å². The van der Waals surface area contributed by atoms with Crippen molar-refractivity contribution in [1.82, 2.24) is 10.6 Å². The summed E-state index contributed by atoms with van der Waals surface area (Å²) in [6.07, 6.45) is 3.74. The number of hydrogen-bond donors (Lipinski definition) is 2. The van der Waals surface area contributed by atoms with Crippen molar-refractivity contribution in [3.63, 3.8) is 0 Å². The van der Waals surface area contributed by atoms with Crippen LogP contribution >= 0.6 is 0 Å². The van der Waals surface area contributed by atoms with Gasteiger partial charge in [-0.15, -0.1) is 0 Å². The summed E-state index contributed by atoms with van der Waals surface area (Å²) in [6.45, 7) is 6.80. The van der Waals surface area contributed by atoms with Crippen LogP contribution in [0.4, 0.5) is 0 Å². The molecule has 1 aliphatic rings. The van der Waals surface area contributed by atoms with Crippen molar-refractivity contribution in [1.29, 1.82) is 0 Å². The number of aryl methyl sites for hydroxylation is 1. The lowest BCUT2D eigenvalue weighted by Crippen LogP contribution is -2.47. The van der Waals surface area contributed by atoms with Gasteiger partial charge in [0.1, 0.15) is 0 Å². The highest BCUT2D eigenvalue weighted by Crippen LogP contribution is 2.11. The second-order valence-electron chi connectivity index (χ2n) is 5.24. The van der Waals surface area contributed by atoms with Gasteiger partial charge in [-0.3, -0.25) is 0 Å². The zero-order valence-electron chi connectivity index (χ0n) is 11.0. The Kier molecular flexibility index (Phi) is 4.57. The SMILES string of the molecule is Cc1ccccc1CC(C)NC1CCCNC1. The third-order valence-corrected chi connectivity index (χ3v) is 3.60. The summed E-state index contributed by atoms with van der Waals surface area (Å²) in [6, 6.07) is 9.90. The average molecular weight is 232 g/mol. The van der Waals surface area contributed by atoms with E-state index in [1.807, 2.05) is 0 Å². The van der Waals surface area contributed by atoms with E-state index >= 15 is 0 Å². The fourth-order valence-electron chi connectivity index (χ4n) is 2.62. The van der Waals surface area contributed by atoms with Gasteiger partial charge in [-0.2, -0.15) is 0 Å².